The highest BCUT2D eigenvalue weighted by Crippen LogP contribution is 2.39. The fourth-order valence-electron chi connectivity index (χ4n) is 3.01. The van der Waals surface area contributed by atoms with Gasteiger partial charge in [0.1, 0.15) is 11.4 Å². The maximum atomic E-state index is 12.3. The van der Waals surface area contributed by atoms with Gasteiger partial charge in [-0.05, 0) is 44.6 Å². The smallest absolute Gasteiger partial charge is 0.235 e. The molecule has 1 saturated carbocycles. The summed E-state index contributed by atoms with van der Waals surface area (Å²) in [5, 5.41) is 12.2. The Morgan fingerprint density at radius 1 is 1.59 bits per heavy atom. The van der Waals surface area contributed by atoms with E-state index in [1.54, 1.807) is 0 Å². The molecule has 116 valence electrons. The van der Waals surface area contributed by atoms with Gasteiger partial charge in [-0.15, -0.1) is 0 Å². The number of carbonyl (C=O) groups is 1. The SMILES string of the molecule is Cc1ncc2c(n1)CN(CC(=O)N[C@@](C)(C#N)C1CC1)CC2. The first kappa shape index (κ1) is 14.9. The molecule has 1 N–H and O–H groups in total. The molecule has 1 aromatic heterocycles. The van der Waals surface area contributed by atoms with Crippen LogP contribution < -0.4 is 5.32 Å². The lowest BCUT2D eigenvalue weighted by Crippen LogP contribution is -2.50. The van der Waals surface area contributed by atoms with Crippen molar-refractivity contribution in [2.24, 2.45) is 5.92 Å². The third-order valence-electron chi connectivity index (χ3n) is 4.54. The number of nitrogens with zero attached hydrogens (tertiary/aromatic N) is 4. The molecule has 2 heterocycles. The summed E-state index contributed by atoms with van der Waals surface area (Å²) in [5.41, 5.74) is 1.46. The second-order valence-electron chi connectivity index (χ2n) is 6.49. The maximum Gasteiger partial charge on any atom is 0.235 e. The normalized spacial score (nSPS) is 20.6. The molecule has 1 aliphatic carbocycles. The average Bonchev–Trinajstić information content (AvgIpc) is 3.31. The highest BCUT2D eigenvalue weighted by molar-refractivity contribution is 5.79. The number of rotatable bonds is 4. The number of nitrogens with one attached hydrogen (secondary N) is 1. The summed E-state index contributed by atoms with van der Waals surface area (Å²) in [6.07, 6.45) is 4.80. The number of amides is 1. The Kier molecular flexibility index (Phi) is 3.83. The molecule has 1 aliphatic heterocycles. The van der Waals surface area contributed by atoms with E-state index < -0.39 is 5.54 Å². The van der Waals surface area contributed by atoms with Gasteiger partial charge in [-0.25, -0.2) is 9.97 Å². The van der Waals surface area contributed by atoms with Crippen LogP contribution in [0.25, 0.3) is 0 Å². The van der Waals surface area contributed by atoms with Crippen LogP contribution in [-0.4, -0.2) is 39.4 Å². The molecule has 0 bridgehead atoms. The van der Waals surface area contributed by atoms with Crippen LogP contribution in [0.15, 0.2) is 6.20 Å². The summed E-state index contributed by atoms with van der Waals surface area (Å²) in [7, 11) is 0. The number of carbonyl (C=O) groups excluding carboxylic acids is 1. The molecule has 6 nitrogen and oxygen atoms in total. The zero-order valence-corrected chi connectivity index (χ0v) is 13.1. The third-order valence-corrected chi connectivity index (χ3v) is 4.54. The van der Waals surface area contributed by atoms with E-state index in [-0.39, 0.29) is 5.91 Å². The maximum absolute atomic E-state index is 12.3. The van der Waals surface area contributed by atoms with Gasteiger partial charge in [0.2, 0.25) is 5.91 Å². The van der Waals surface area contributed by atoms with Crippen molar-refractivity contribution < 1.29 is 4.79 Å². The number of hydrogen-bond acceptors (Lipinski definition) is 5. The Balaban J connectivity index is 1.60. The fraction of sp³-hybridized carbons (Fsp3) is 0.625. The van der Waals surface area contributed by atoms with Crippen LogP contribution in [-0.2, 0) is 17.8 Å². The van der Waals surface area contributed by atoms with E-state index in [4.69, 9.17) is 0 Å². The second kappa shape index (κ2) is 5.65. The molecular weight excluding hydrogens is 278 g/mol. The van der Waals surface area contributed by atoms with Gasteiger partial charge in [0, 0.05) is 19.3 Å². The van der Waals surface area contributed by atoms with Crippen LogP contribution in [0.3, 0.4) is 0 Å². The molecule has 0 saturated heterocycles. The Morgan fingerprint density at radius 2 is 2.36 bits per heavy atom. The van der Waals surface area contributed by atoms with Crippen molar-refractivity contribution in [2.75, 3.05) is 13.1 Å². The van der Waals surface area contributed by atoms with E-state index in [2.05, 4.69) is 26.3 Å². The predicted octanol–water partition coefficient (Wildman–Crippen LogP) is 0.952. The first-order chi connectivity index (χ1) is 10.5. The van der Waals surface area contributed by atoms with Crippen molar-refractivity contribution in [2.45, 2.75) is 45.2 Å². The zero-order chi connectivity index (χ0) is 15.7. The van der Waals surface area contributed by atoms with E-state index in [1.807, 2.05) is 20.0 Å². The van der Waals surface area contributed by atoms with Gasteiger partial charge in [0.25, 0.3) is 0 Å². The van der Waals surface area contributed by atoms with Crippen LogP contribution in [0.5, 0.6) is 0 Å². The minimum Gasteiger partial charge on any atom is -0.337 e. The fourth-order valence-corrected chi connectivity index (χ4v) is 3.01. The molecule has 0 radical (unpaired) electrons. The summed E-state index contributed by atoms with van der Waals surface area (Å²) in [6.45, 7) is 5.50. The first-order valence-electron chi connectivity index (χ1n) is 7.76. The second-order valence-corrected chi connectivity index (χ2v) is 6.49. The van der Waals surface area contributed by atoms with Crippen LogP contribution in [0, 0.1) is 24.2 Å². The summed E-state index contributed by atoms with van der Waals surface area (Å²) < 4.78 is 0. The Hall–Kier alpha value is -2.00. The van der Waals surface area contributed by atoms with Gasteiger partial charge in [-0.3, -0.25) is 9.69 Å². The topological polar surface area (TPSA) is 81.9 Å². The molecule has 3 rings (SSSR count). The van der Waals surface area contributed by atoms with Crippen LogP contribution in [0.2, 0.25) is 0 Å². The van der Waals surface area contributed by atoms with E-state index >= 15 is 0 Å². The average molecular weight is 299 g/mol. The van der Waals surface area contributed by atoms with Gasteiger partial charge in [-0.1, -0.05) is 0 Å². The molecular formula is C16H21N5O. The number of hydrogen-bond donors (Lipinski definition) is 1. The predicted molar refractivity (Wildman–Crippen MR) is 80.6 cm³/mol. The number of aromatic nitrogens is 2. The lowest BCUT2D eigenvalue weighted by molar-refractivity contribution is -0.123. The van der Waals surface area contributed by atoms with Gasteiger partial charge in [0.05, 0.1) is 18.3 Å². The van der Waals surface area contributed by atoms with Crippen molar-refractivity contribution in [3.8, 4) is 6.07 Å². The van der Waals surface area contributed by atoms with Gasteiger partial charge in [0.15, 0.2) is 0 Å². The zero-order valence-electron chi connectivity index (χ0n) is 13.1. The van der Waals surface area contributed by atoms with Crippen LogP contribution >= 0.6 is 0 Å². The minimum atomic E-state index is -0.719. The standard InChI is InChI=1S/C16H21N5O/c1-11-18-7-12-5-6-21(8-14(12)19-11)9-15(22)20-16(2,10-17)13-3-4-13/h7,13H,3-6,8-9H2,1-2H3,(H,20,22)/t16-/m0/s1. The van der Waals surface area contributed by atoms with Crippen molar-refractivity contribution >= 4 is 5.91 Å². The summed E-state index contributed by atoms with van der Waals surface area (Å²) >= 11 is 0. The summed E-state index contributed by atoms with van der Waals surface area (Å²) in [6, 6.07) is 2.26. The Bertz CT molecular complexity index is 634. The number of fused-ring (bicyclic) bond motifs is 1. The Morgan fingerprint density at radius 3 is 3.05 bits per heavy atom. The van der Waals surface area contributed by atoms with Gasteiger partial charge in [-0.2, -0.15) is 5.26 Å². The lowest BCUT2D eigenvalue weighted by Gasteiger charge is -2.29. The highest BCUT2D eigenvalue weighted by atomic mass is 16.2. The molecule has 0 unspecified atom stereocenters. The van der Waals surface area contributed by atoms with E-state index in [9.17, 15) is 10.1 Å². The Labute approximate surface area is 130 Å². The third kappa shape index (κ3) is 3.09. The molecule has 1 aromatic rings. The van der Waals surface area contributed by atoms with Crippen molar-refractivity contribution in [1.29, 1.82) is 5.26 Å². The lowest BCUT2D eigenvalue weighted by atomic mass is 9.98. The van der Waals surface area contributed by atoms with Gasteiger partial charge >= 0.3 is 0 Å². The van der Waals surface area contributed by atoms with E-state index in [0.29, 0.717) is 19.0 Å². The van der Waals surface area contributed by atoms with Crippen molar-refractivity contribution in [3.63, 3.8) is 0 Å². The minimum absolute atomic E-state index is 0.0785. The molecule has 0 spiro atoms. The molecule has 6 heteroatoms. The van der Waals surface area contributed by atoms with Crippen LogP contribution in [0.1, 0.15) is 36.8 Å². The molecule has 1 fully saturated rings. The molecule has 1 amide bonds. The van der Waals surface area contributed by atoms with Crippen molar-refractivity contribution in [3.05, 3.63) is 23.3 Å². The largest absolute Gasteiger partial charge is 0.337 e. The molecule has 2 aliphatic rings. The van der Waals surface area contributed by atoms with E-state index in [0.717, 1.165) is 37.3 Å². The number of nitriles is 1. The first-order valence-corrected chi connectivity index (χ1v) is 7.76. The number of aryl methyl sites for hydroxylation is 1. The molecule has 1 atom stereocenters. The highest BCUT2D eigenvalue weighted by Gasteiger charge is 2.43. The molecule has 0 aromatic carbocycles. The summed E-state index contributed by atoms with van der Waals surface area (Å²) in [4.78, 5) is 23.0. The van der Waals surface area contributed by atoms with Crippen molar-refractivity contribution in [1.82, 2.24) is 20.2 Å². The summed E-state index contributed by atoms with van der Waals surface area (Å²) in [5.74, 6) is 0.986. The monoisotopic (exact) mass is 299 g/mol. The quantitative estimate of drug-likeness (QED) is 0.895. The van der Waals surface area contributed by atoms with Gasteiger partial charge < -0.3 is 5.32 Å². The molecule has 22 heavy (non-hydrogen) atoms. The van der Waals surface area contributed by atoms with Crippen LogP contribution in [0.4, 0.5) is 0 Å². The van der Waals surface area contributed by atoms with E-state index in [1.165, 1.54) is 5.56 Å².